The molecule has 176 valence electrons. The third kappa shape index (κ3) is 5.14. The molecule has 1 atom stereocenters. The Kier molecular flexibility index (Phi) is 6.49. The molecule has 35 heavy (non-hydrogen) atoms. The van der Waals surface area contributed by atoms with Crippen LogP contribution in [0.4, 0.5) is 16.2 Å². The van der Waals surface area contributed by atoms with Crippen LogP contribution < -0.4 is 21.0 Å². The fourth-order valence-corrected chi connectivity index (χ4v) is 3.27. The van der Waals surface area contributed by atoms with E-state index in [9.17, 15) is 24.0 Å². The molecule has 3 N–H and O–H groups in total. The third-order valence-electron chi connectivity index (χ3n) is 5.00. The van der Waals surface area contributed by atoms with Crippen LogP contribution in [0.15, 0.2) is 76.4 Å². The van der Waals surface area contributed by atoms with Gasteiger partial charge < -0.3 is 9.73 Å². The number of barbiturate groups is 1. The molecule has 0 aliphatic carbocycles. The van der Waals surface area contributed by atoms with Crippen molar-refractivity contribution in [2.45, 2.75) is 6.92 Å². The lowest BCUT2D eigenvalue weighted by Gasteiger charge is -2.28. The summed E-state index contributed by atoms with van der Waals surface area (Å²) in [5.74, 6) is -3.96. The van der Waals surface area contributed by atoms with Crippen LogP contribution in [0.5, 0.6) is 0 Å². The van der Waals surface area contributed by atoms with Crippen molar-refractivity contribution in [3.05, 3.63) is 83.8 Å². The lowest BCUT2D eigenvalue weighted by Crippen LogP contribution is -2.58. The van der Waals surface area contributed by atoms with Crippen molar-refractivity contribution >= 4 is 47.2 Å². The molecule has 0 radical (unpaired) electrons. The standard InChI is InChI=1S/C24H19N5O6/c1-14-4-2-5-17(12-14)29-23(33)18(21(31)27-24(29)34)13-25-28-20(30)15-7-9-16(10-8-15)26-22(32)19-6-3-11-35-19/h2-13,18H,1H3,(H,26,32)(H,28,30)(H,27,31,34)/b25-13-/t18-/m0/s1. The van der Waals surface area contributed by atoms with Gasteiger partial charge in [-0.1, -0.05) is 12.1 Å². The monoisotopic (exact) mass is 473 g/mol. The number of nitrogens with zero attached hydrogens (tertiary/aromatic N) is 2. The van der Waals surface area contributed by atoms with E-state index in [2.05, 4.69) is 21.2 Å². The highest BCUT2D eigenvalue weighted by Crippen LogP contribution is 2.21. The highest BCUT2D eigenvalue weighted by atomic mass is 16.3. The van der Waals surface area contributed by atoms with Crippen molar-refractivity contribution in [2.24, 2.45) is 11.0 Å². The first kappa shape index (κ1) is 23.1. The summed E-state index contributed by atoms with van der Waals surface area (Å²) in [4.78, 5) is 62.5. The molecule has 6 amide bonds. The molecule has 11 nitrogen and oxygen atoms in total. The molecule has 2 aromatic carbocycles. The number of furan rings is 1. The summed E-state index contributed by atoms with van der Waals surface area (Å²) in [6.07, 6.45) is 2.34. The van der Waals surface area contributed by atoms with Gasteiger partial charge in [-0.15, -0.1) is 0 Å². The number of hydrogen-bond acceptors (Lipinski definition) is 7. The highest BCUT2D eigenvalue weighted by molar-refractivity contribution is 6.32. The molecule has 4 rings (SSSR count). The predicted octanol–water partition coefficient (Wildman–Crippen LogP) is 2.46. The van der Waals surface area contributed by atoms with E-state index in [0.29, 0.717) is 11.4 Å². The first-order valence-corrected chi connectivity index (χ1v) is 10.4. The van der Waals surface area contributed by atoms with Crippen LogP contribution in [0, 0.1) is 12.8 Å². The average Bonchev–Trinajstić information content (AvgIpc) is 3.37. The van der Waals surface area contributed by atoms with Crippen molar-refractivity contribution in [3.8, 4) is 0 Å². The smallest absolute Gasteiger partial charge is 0.335 e. The maximum atomic E-state index is 12.8. The number of aryl methyl sites for hydroxylation is 1. The lowest BCUT2D eigenvalue weighted by molar-refractivity contribution is -0.131. The van der Waals surface area contributed by atoms with Crippen molar-refractivity contribution in [2.75, 3.05) is 10.2 Å². The van der Waals surface area contributed by atoms with Crippen LogP contribution >= 0.6 is 0 Å². The molecule has 11 heteroatoms. The second kappa shape index (κ2) is 9.83. The number of imide groups is 2. The number of carbonyl (C=O) groups is 5. The summed E-state index contributed by atoms with van der Waals surface area (Å²) in [5, 5.41) is 8.46. The number of hydrogen-bond donors (Lipinski definition) is 3. The van der Waals surface area contributed by atoms with Gasteiger partial charge in [-0.2, -0.15) is 5.10 Å². The second-order valence-electron chi connectivity index (χ2n) is 7.51. The molecule has 0 unspecified atom stereocenters. The van der Waals surface area contributed by atoms with Crippen LogP contribution in [0.2, 0.25) is 0 Å². The quantitative estimate of drug-likeness (QED) is 0.284. The Morgan fingerprint density at radius 2 is 1.80 bits per heavy atom. The zero-order chi connectivity index (χ0) is 24.9. The summed E-state index contributed by atoms with van der Waals surface area (Å²) < 4.78 is 5.02. The van der Waals surface area contributed by atoms with Crippen LogP contribution in [0.3, 0.4) is 0 Å². The van der Waals surface area contributed by atoms with E-state index in [1.807, 2.05) is 0 Å². The Bertz CT molecular complexity index is 1330. The molecule has 1 aliphatic heterocycles. The topological polar surface area (TPSA) is 150 Å². The minimum atomic E-state index is -1.41. The number of nitrogens with one attached hydrogen (secondary N) is 3. The molecule has 1 aromatic heterocycles. The maximum absolute atomic E-state index is 12.8. The van der Waals surface area contributed by atoms with Gasteiger partial charge in [-0.25, -0.2) is 15.1 Å². The van der Waals surface area contributed by atoms with E-state index in [0.717, 1.165) is 16.7 Å². The van der Waals surface area contributed by atoms with E-state index < -0.39 is 35.6 Å². The van der Waals surface area contributed by atoms with Gasteiger partial charge in [0, 0.05) is 17.5 Å². The normalized spacial score (nSPS) is 15.7. The fourth-order valence-electron chi connectivity index (χ4n) is 3.27. The van der Waals surface area contributed by atoms with Gasteiger partial charge in [0.25, 0.3) is 17.7 Å². The Hall–Kier alpha value is -5.06. The summed E-state index contributed by atoms with van der Waals surface area (Å²) >= 11 is 0. The third-order valence-corrected chi connectivity index (χ3v) is 5.00. The molecule has 1 saturated heterocycles. The largest absolute Gasteiger partial charge is 0.459 e. The number of rotatable bonds is 6. The maximum Gasteiger partial charge on any atom is 0.335 e. The first-order chi connectivity index (χ1) is 16.8. The van der Waals surface area contributed by atoms with Crippen LogP contribution in [0.1, 0.15) is 26.5 Å². The fraction of sp³-hybridized carbons (Fsp3) is 0.0833. The lowest BCUT2D eigenvalue weighted by atomic mass is 10.1. The van der Waals surface area contributed by atoms with Crippen LogP contribution in [-0.2, 0) is 9.59 Å². The second-order valence-corrected chi connectivity index (χ2v) is 7.51. The van der Waals surface area contributed by atoms with Crippen LogP contribution in [-0.4, -0.2) is 35.9 Å². The molecule has 3 aromatic rings. The minimum Gasteiger partial charge on any atom is -0.459 e. The number of anilines is 2. The predicted molar refractivity (Wildman–Crippen MR) is 125 cm³/mol. The molecule has 0 spiro atoms. The zero-order valence-electron chi connectivity index (χ0n) is 18.3. The summed E-state index contributed by atoms with van der Waals surface area (Å²) in [7, 11) is 0. The Balaban J connectivity index is 1.39. The first-order valence-electron chi connectivity index (χ1n) is 10.4. The molecule has 1 aliphatic rings. The van der Waals surface area contributed by atoms with E-state index in [1.165, 1.54) is 36.6 Å². The number of benzene rings is 2. The molecular weight excluding hydrogens is 454 g/mol. The van der Waals surface area contributed by atoms with E-state index in [1.54, 1.807) is 37.3 Å². The summed E-state index contributed by atoms with van der Waals surface area (Å²) in [6.45, 7) is 1.80. The van der Waals surface area contributed by atoms with Gasteiger partial charge in [-0.3, -0.25) is 24.5 Å². The number of hydrazone groups is 1. The minimum absolute atomic E-state index is 0.144. The molecule has 0 saturated carbocycles. The molecule has 2 heterocycles. The Morgan fingerprint density at radius 1 is 1.03 bits per heavy atom. The summed E-state index contributed by atoms with van der Waals surface area (Å²) in [6, 6.07) is 14.9. The number of carbonyl (C=O) groups excluding carboxylic acids is 5. The summed E-state index contributed by atoms with van der Waals surface area (Å²) in [5.41, 5.74) is 4.03. The van der Waals surface area contributed by atoms with Gasteiger partial charge in [0.15, 0.2) is 11.7 Å². The number of amides is 6. The Morgan fingerprint density at radius 3 is 2.49 bits per heavy atom. The number of urea groups is 1. The van der Waals surface area contributed by atoms with E-state index >= 15 is 0 Å². The van der Waals surface area contributed by atoms with Gasteiger partial charge in [0.05, 0.1) is 12.0 Å². The molecule has 0 bridgehead atoms. The SMILES string of the molecule is Cc1cccc(N2C(=O)NC(=O)[C@H](/C=N\NC(=O)c3ccc(NC(=O)c4ccco4)cc3)C2=O)c1. The van der Waals surface area contributed by atoms with Crippen LogP contribution in [0.25, 0.3) is 0 Å². The van der Waals surface area contributed by atoms with Gasteiger partial charge in [0.1, 0.15) is 0 Å². The van der Waals surface area contributed by atoms with Gasteiger partial charge in [0.2, 0.25) is 5.91 Å². The van der Waals surface area contributed by atoms with Gasteiger partial charge >= 0.3 is 6.03 Å². The van der Waals surface area contributed by atoms with Gasteiger partial charge in [-0.05, 0) is 61.0 Å². The van der Waals surface area contributed by atoms with Crippen molar-refractivity contribution in [3.63, 3.8) is 0 Å². The molecule has 1 fully saturated rings. The average molecular weight is 473 g/mol. The zero-order valence-corrected chi connectivity index (χ0v) is 18.3. The van der Waals surface area contributed by atoms with E-state index in [4.69, 9.17) is 4.42 Å². The van der Waals surface area contributed by atoms with Crippen molar-refractivity contribution < 1.29 is 28.4 Å². The Labute approximate surface area is 198 Å². The highest BCUT2D eigenvalue weighted by Gasteiger charge is 2.40. The van der Waals surface area contributed by atoms with Crippen molar-refractivity contribution in [1.82, 2.24) is 10.7 Å². The molecular formula is C24H19N5O6. The van der Waals surface area contributed by atoms with Crippen molar-refractivity contribution in [1.29, 1.82) is 0 Å². The van der Waals surface area contributed by atoms with E-state index in [-0.39, 0.29) is 11.3 Å².